The molecule has 0 aliphatic rings. The fraction of sp³-hybridized carbons (Fsp3) is 0. The second-order valence-corrected chi connectivity index (χ2v) is 5.94. The van der Waals surface area contributed by atoms with Gasteiger partial charge in [-0.1, -0.05) is 34.8 Å². The van der Waals surface area contributed by atoms with Crippen molar-refractivity contribution in [2.75, 3.05) is 16.4 Å². The fourth-order valence-corrected chi connectivity index (χ4v) is 2.45. The molecule has 2 aromatic carbocycles. The molecule has 0 aliphatic heterocycles. The van der Waals surface area contributed by atoms with Gasteiger partial charge in [0.25, 0.3) is 5.91 Å². The lowest BCUT2D eigenvalue weighted by Crippen LogP contribution is -2.14. The van der Waals surface area contributed by atoms with Crippen LogP contribution in [-0.2, 0) is 4.79 Å². The number of nitrogens with zero attached hydrogens (tertiary/aromatic N) is 1. The van der Waals surface area contributed by atoms with E-state index >= 15 is 0 Å². The van der Waals surface area contributed by atoms with Gasteiger partial charge in [0.15, 0.2) is 0 Å². The van der Waals surface area contributed by atoms with Gasteiger partial charge in [-0.15, -0.1) is 0 Å². The quantitative estimate of drug-likeness (QED) is 0.407. The van der Waals surface area contributed by atoms with Gasteiger partial charge < -0.3 is 16.4 Å². The molecule has 5 nitrogen and oxygen atoms in total. The average Bonchev–Trinajstić information content (AvgIpc) is 2.50. The van der Waals surface area contributed by atoms with E-state index in [4.69, 9.17) is 45.8 Å². The minimum atomic E-state index is -0.598. The summed E-state index contributed by atoms with van der Waals surface area (Å²) in [6.45, 7) is 0. The van der Waals surface area contributed by atoms with Gasteiger partial charge in [0, 0.05) is 27.6 Å². The highest BCUT2D eigenvalue weighted by Gasteiger charge is 2.10. The smallest absolute Gasteiger partial charge is 0.267 e. The predicted molar refractivity (Wildman–Crippen MR) is 98.3 cm³/mol. The van der Waals surface area contributed by atoms with Crippen molar-refractivity contribution in [2.24, 2.45) is 0 Å². The third-order valence-corrected chi connectivity index (χ3v) is 3.63. The number of nitrogens with two attached hydrogens (primary N) is 1. The third kappa shape index (κ3) is 4.80. The predicted octanol–water partition coefficient (Wildman–Crippen LogP) is 4.69. The maximum absolute atomic E-state index is 12.1. The Morgan fingerprint density at radius 3 is 2.33 bits per heavy atom. The Balaban J connectivity index is 2.13. The van der Waals surface area contributed by atoms with E-state index < -0.39 is 5.91 Å². The zero-order chi connectivity index (χ0) is 17.7. The van der Waals surface area contributed by atoms with E-state index in [0.29, 0.717) is 32.1 Å². The molecule has 4 N–H and O–H groups in total. The van der Waals surface area contributed by atoms with E-state index in [9.17, 15) is 4.79 Å². The first-order chi connectivity index (χ1) is 11.4. The Kier molecular flexibility index (Phi) is 5.93. The van der Waals surface area contributed by atoms with Gasteiger partial charge in [-0.2, -0.15) is 5.26 Å². The van der Waals surface area contributed by atoms with Crippen molar-refractivity contribution in [3.05, 3.63) is 63.2 Å². The molecule has 0 saturated heterocycles. The van der Waals surface area contributed by atoms with Crippen LogP contribution in [0.3, 0.4) is 0 Å². The largest absolute Gasteiger partial charge is 0.398 e. The van der Waals surface area contributed by atoms with Crippen LogP contribution >= 0.6 is 34.8 Å². The molecule has 0 aromatic heterocycles. The van der Waals surface area contributed by atoms with Crippen LogP contribution < -0.4 is 16.4 Å². The molecule has 0 bridgehead atoms. The Bertz CT molecular complexity index is 839. The molecule has 0 fully saturated rings. The summed E-state index contributed by atoms with van der Waals surface area (Å²) in [4.78, 5) is 12.1. The molecule has 0 spiro atoms. The van der Waals surface area contributed by atoms with Gasteiger partial charge in [-0.3, -0.25) is 4.79 Å². The number of amides is 1. The van der Waals surface area contributed by atoms with E-state index in [1.165, 1.54) is 12.3 Å². The molecule has 0 heterocycles. The number of hydrogen-bond donors (Lipinski definition) is 3. The lowest BCUT2D eigenvalue weighted by Gasteiger charge is -2.07. The monoisotopic (exact) mass is 380 g/mol. The highest BCUT2D eigenvalue weighted by atomic mass is 35.5. The summed E-state index contributed by atoms with van der Waals surface area (Å²) in [6, 6.07) is 11.2. The number of benzene rings is 2. The maximum Gasteiger partial charge on any atom is 0.267 e. The van der Waals surface area contributed by atoms with Gasteiger partial charge in [0.1, 0.15) is 11.6 Å². The summed E-state index contributed by atoms with van der Waals surface area (Å²) < 4.78 is 0. The second-order valence-electron chi connectivity index (χ2n) is 4.66. The van der Waals surface area contributed by atoms with E-state index in [1.54, 1.807) is 30.3 Å². The van der Waals surface area contributed by atoms with E-state index in [2.05, 4.69) is 10.6 Å². The summed E-state index contributed by atoms with van der Waals surface area (Å²) >= 11 is 17.7. The van der Waals surface area contributed by atoms with Crippen LogP contribution in [0.1, 0.15) is 0 Å². The number of carbonyl (C=O) groups is 1. The van der Waals surface area contributed by atoms with Gasteiger partial charge in [0.05, 0.1) is 10.7 Å². The minimum absolute atomic E-state index is 0.140. The minimum Gasteiger partial charge on any atom is -0.398 e. The highest BCUT2D eigenvalue weighted by molar-refractivity contribution is 6.35. The molecular weight excluding hydrogens is 371 g/mol. The molecule has 0 radical (unpaired) electrons. The number of rotatable bonds is 4. The summed E-state index contributed by atoms with van der Waals surface area (Å²) in [7, 11) is 0. The average molecular weight is 382 g/mol. The third-order valence-electron chi connectivity index (χ3n) is 2.87. The van der Waals surface area contributed by atoms with Gasteiger partial charge >= 0.3 is 0 Å². The zero-order valence-corrected chi connectivity index (χ0v) is 14.4. The SMILES string of the molecule is N#C/C(=C/Nc1cc(Cl)cc(Cl)c1)C(=O)Nc1ccc(N)c(Cl)c1. The fourth-order valence-electron chi connectivity index (χ4n) is 1.74. The Morgan fingerprint density at radius 1 is 1.08 bits per heavy atom. The van der Waals surface area contributed by atoms with E-state index in [1.807, 2.05) is 6.07 Å². The Labute approximate surface area is 153 Å². The van der Waals surface area contributed by atoms with Crippen molar-refractivity contribution >= 4 is 57.8 Å². The molecule has 0 saturated carbocycles. The molecule has 122 valence electrons. The lowest BCUT2D eigenvalue weighted by atomic mass is 10.2. The molecule has 0 atom stereocenters. The molecule has 1 amide bonds. The standard InChI is InChI=1S/C16H11Cl3N4O/c17-10-3-11(18)5-13(4-10)22-8-9(7-20)16(24)23-12-1-2-15(21)14(19)6-12/h1-6,8,22H,21H2,(H,23,24)/b9-8-. The number of carbonyl (C=O) groups excluding carboxylic acids is 1. The number of hydrogen-bond acceptors (Lipinski definition) is 4. The molecular formula is C16H11Cl3N4O. The van der Waals surface area contributed by atoms with Gasteiger partial charge in [-0.25, -0.2) is 0 Å². The topological polar surface area (TPSA) is 90.9 Å². The highest BCUT2D eigenvalue weighted by Crippen LogP contribution is 2.24. The summed E-state index contributed by atoms with van der Waals surface area (Å²) in [5.74, 6) is -0.598. The number of nitrogen functional groups attached to an aromatic ring is 1. The second kappa shape index (κ2) is 7.93. The van der Waals surface area contributed by atoms with E-state index in [-0.39, 0.29) is 5.57 Å². The van der Waals surface area contributed by atoms with E-state index in [0.717, 1.165) is 0 Å². The van der Waals surface area contributed by atoms with Crippen molar-refractivity contribution in [3.8, 4) is 6.07 Å². The molecule has 0 aliphatic carbocycles. The van der Waals surface area contributed by atoms with Crippen LogP contribution in [0.25, 0.3) is 0 Å². The van der Waals surface area contributed by atoms with Crippen LogP contribution in [0, 0.1) is 11.3 Å². The van der Waals surface area contributed by atoms with Crippen LogP contribution in [0.4, 0.5) is 17.1 Å². The van der Waals surface area contributed by atoms with Gasteiger partial charge in [-0.05, 0) is 36.4 Å². The summed E-state index contributed by atoms with van der Waals surface area (Å²) in [5.41, 5.74) is 6.82. The summed E-state index contributed by atoms with van der Waals surface area (Å²) in [6.07, 6.45) is 1.26. The molecule has 0 unspecified atom stereocenters. The van der Waals surface area contributed by atoms with Crippen LogP contribution in [0.2, 0.25) is 15.1 Å². The zero-order valence-electron chi connectivity index (χ0n) is 12.1. The summed E-state index contributed by atoms with van der Waals surface area (Å²) in [5, 5.41) is 15.7. The van der Waals surface area contributed by atoms with Crippen molar-refractivity contribution in [1.82, 2.24) is 0 Å². The van der Waals surface area contributed by atoms with Gasteiger partial charge in [0.2, 0.25) is 0 Å². The first-order valence-electron chi connectivity index (χ1n) is 6.58. The first-order valence-corrected chi connectivity index (χ1v) is 7.71. The molecule has 24 heavy (non-hydrogen) atoms. The molecule has 2 aromatic rings. The van der Waals surface area contributed by atoms with Crippen molar-refractivity contribution in [3.63, 3.8) is 0 Å². The normalized spacial score (nSPS) is 10.8. The van der Waals surface area contributed by atoms with Crippen LogP contribution in [0.15, 0.2) is 48.2 Å². The lowest BCUT2D eigenvalue weighted by molar-refractivity contribution is -0.112. The number of nitrogens with one attached hydrogen (secondary N) is 2. The number of halogens is 3. The first kappa shape index (κ1) is 18.0. The van der Waals surface area contributed by atoms with Crippen molar-refractivity contribution in [2.45, 2.75) is 0 Å². The maximum atomic E-state index is 12.1. The Morgan fingerprint density at radius 2 is 1.75 bits per heavy atom. The van der Waals surface area contributed by atoms with Crippen LogP contribution in [-0.4, -0.2) is 5.91 Å². The van der Waals surface area contributed by atoms with Crippen molar-refractivity contribution in [1.29, 1.82) is 5.26 Å². The number of anilines is 3. The molecule has 2 rings (SSSR count). The molecule has 8 heteroatoms. The Hall–Kier alpha value is -2.39. The van der Waals surface area contributed by atoms with Crippen molar-refractivity contribution < 1.29 is 4.79 Å². The number of nitriles is 1. The van der Waals surface area contributed by atoms with Crippen LogP contribution in [0.5, 0.6) is 0 Å².